The number of aromatic nitrogens is 2. The number of anilines is 1. The maximum Gasteiger partial charge on any atom is 0.418 e. The van der Waals surface area contributed by atoms with Crippen molar-refractivity contribution in [1.82, 2.24) is 15.4 Å². The van der Waals surface area contributed by atoms with E-state index in [2.05, 4.69) is 20.8 Å². The summed E-state index contributed by atoms with van der Waals surface area (Å²) in [6.07, 6.45) is -4.47. The Labute approximate surface area is 151 Å². The summed E-state index contributed by atoms with van der Waals surface area (Å²) < 4.78 is 38.7. The van der Waals surface area contributed by atoms with Crippen molar-refractivity contribution in [2.75, 3.05) is 5.43 Å². The largest absolute Gasteiger partial charge is 0.418 e. The van der Waals surface area contributed by atoms with E-state index in [0.29, 0.717) is 16.7 Å². The highest BCUT2D eigenvalue weighted by Gasteiger charge is 2.33. The van der Waals surface area contributed by atoms with Crippen molar-refractivity contribution in [2.24, 2.45) is 0 Å². The van der Waals surface area contributed by atoms with E-state index in [4.69, 9.17) is 0 Å². The molecule has 0 radical (unpaired) electrons. The van der Waals surface area contributed by atoms with Crippen LogP contribution in [0.25, 0.3) is 10.9 Å². The lowest BCUT2D eigenvalue weighted by Crippen LogP contribution is -2.31. The van der Waals surface area contributed by atoms with Crippen LogP contribution in [0.4, 0.5) is 18.9 Å². The number of hydrogen-bond donors (Lipinski definition) is 3. The summed E-state index contributed by atoms with van der Waals surface area (Å²) in [5, 5.41) is 0.441. The van der Waals surface area contributed by atoms with Gasteiger partial charge >= 0.3 is 6.18 Å². The highest BCUT2D eigenvalue weighted by molar-refractivity contribution is 5.78. The number of fused-ring (bicyclic) bond motifs is 1. The molecule has 1 heterocycles. The summed E-state index contributed by atoms with van der Waals surface area (Å²) in [7, 11) is 0. The summed E-state index contributed by atoms with van der Waals surface area (Å²) in [6.45, 7) is 0. The minimum atomic E-state index is -4.54. The zero-order valence-corrected chi connectivity index (χ0v) is 13.9. The number of carbonyl (C=O) groups excluding carboxylic acids is 1. The van der Waals surface area contributed by atoms with Gasteiger partial charge in [-0.05, 0) is 24.3 Å². The number of halogens is 3. The summed E-state index contributed by atoms with van der Waals surface area (Å²) in [5.41, 5.74) is 3.57. The zero-order chi connectivity index (χ0) is 19.4. The number of carbonyl (C=O) groups is 1. The molecule has 3 N–H and O–H groups in total. The second-order valence-corrected chi connectivity index (χ2v) is 5.75. The molecule has 1 amide bonds. The van der Waals surface area contributed by atoms with Crippen LogP contribution in [0.15, 0.2) is 53.3 Å². The van der Waals surface area contributed by atoms with Crippen molar-refractivity contribution < 1.29 is 18.0 Å². The van der Waals surface area contributed by atoms with Gasteiger partial charge in [-0.2, -0.15) is 13.2 Å². The van der Waals surface area contributed by atoms with Crippen LogP contribution in [0.5, 0.6) is 0 Å². The Balaban J connectivity index is 1.62. The van der Waals surface area contributed by atoms with Gasteiger partial charge in [-0.1, -0.05) is 24.3 Å². The molecule has 0 unspecified atom stereocenters. The number of hydrazine groups is 1. The lowest BCUT2D eigenvalue weighted by molar-refractivity contribution is -0.137. The van der Waals surface area contributed by atoms with Crippen LogP contribution in [0.2, 0.25) is 0 Å². The average molecular weight is 376 g/mol. The molecule has 0 saturated heterocycles. The molecular formula is C18H15F3N4O2. The van der Waals surface area contributed by atoms with Gasteiger partial charge in [-0.15, -0.1) is 0 Å². The number of aromatic amines is 1. The number of amides is 1. The summed E-state index contributed by atoms with van der Waals surface area (Å²) in [6, 6.07) is 11.6. The van der Waals surface area contributed by atoms with Gasteiger partial charge in [-0.3, -0.25) is 20.4 Å². The van der Waals surface area contributed by atoms with Gasteiger partial charge < -0.3 is 4.98 Å². The molecule has 6 nitrogen and oxygen atoms in total. The third kappa shape index (κ3) is 4.43. The minimum absolute atomic E-state index is 0.0670. The topological polar surface area (TPSA) is 86.9 Å². The lowest BCUT2D eigenvalue weighted by Gasteiger charge is -2.14. The number of alkyl halides is 3. The molecule has 3 rings (SSSR count). The predicted octanol–water partition coefficient (Wildman–Crippen LogP) is 3.02. The average Bonchev–Trinajstić information content (AvgIpc) is 2.64. The Morgan fingerprint density at radius 2 is 1.78 bits per heavy atom. The van der Waals surface area contributed by atoms with E-state index in [0.717, 1.165) is 6.07 Å². The molecule has 9 heteroatoms. The number of nitrogens with one attached hydrogen (secondary N) is 3. The molecule has 0 saturated carbocycles. The van der Waals surface area contributed by atoms with Crippen LogP contribution in [-0.4, -0.2) is 15.9 Å². The van der Waals surface area contributed by atoms with Crippen LogP contribution in [0.3, 0.4) is 0 Å². The Morgan fingerprint density at radius 1 is 1.07 bits per heavy atom. The van der Waals surface area contributed by atoms with E-state index in [1.54, 1.807) is 24.3 Å². The van der Waals surface area contributed by atoms with Crippen molar-refractivity contribution in [1.29, 1.82) is 0 Å². The lowest BCUT2D eigenvalue weighted by atomic mass is 10.2. The molecule has 0 spiro atoms. The number of benzene rings is 2. The molecule has 0 aliphatic carbocycles. The molecule has 1 aromatic heterocycles. The Morgan fingerprint density at radius 3 is 2.56 bits per heavy atom. The number of H-pyrrole nitrogens is 1. The molecule has 2 aromatic carbocycles. The number of nitrogens with zero attached hydrogens (tertiary/aromatic N) is 1. The van der Waals surface area contributed by atoms with Crippen molar-refractivity contribution in [3.05, 3.63) is 70.3 Å². The molecule has 0 atom stereocenters. The van der Waals surface area contributed by atoms with E-state index in [1.165, 1.54) is 18.2 Å². The van der Waals surface area contributed by atoms with E-state index >= 15 is 0 Å². The molecule has 140 valence electrons. The van der Waals surface area contributed by atoms with Gasteiger partial charge in [-0.25, -0.2) is 4.98 Å². The van der Waals surface area contributed by atoms with Gasteiger partial charge in [0.15, 0.2) is 0 Å². The van der Waals surface area contributed by atoms with Gasteiger partial charge in [0, 0.05) is 12.8 Å². The van der Waals surface area contributed by atoms with E-state index < -0.39 is 17.6 Å². The second-order valence-electron chi connectivity index (χ2n) is 5.75. The summed E-state index contributed by atoms with van der Waals surface area (Å²) >= 11 is 0. The molecule has 0 aliphatic heterocycles. The first-order chi connectivity index (χ1) is 12.8. The molecule has 0 fully saturated rings. The van der Waals surface area contributed by atoms with E-state index in [-0.39, 0.29) is 24.1 Å². The monoisotopic (exact) mass is 376 g/mol. The van der Waals surface area contributed by atoms with Crippen LogP contribution in [-0.2, 0) is 17.4 Å². The first kappa shape index (κ1) is 18.4. The number of para-hydroxylation sites is 2. The number of aryl methyl sites for hydroxylation is 1. The SMILES string of the molecule is O=C(CCc1nc2ccccc2c(=O)[nH]1)NNc1ccccc1C(F)(F)F. The second kappa shape index (κ2) is 7.48. The smallest absolute Gasteiger partial charge is 0.310 e. The summed E-state index contributed by atoms with van der Waals surface area (Å²) in [4.78, 5) is 30.8. The third-order valence-electron chi connectivity index (χ3n) is 3.82. The maximum atomic E-state index is 12.9. The first-order valence-electron chi connectivity index (χ1n) is 8.03. The van der Waals surface area contributed by atoms with Crippen molar-refractivity contribution >= 4 is 22.5 Å². The predicted molar refractivity (Wildman–Crippen MR) is 93.9 cm³/mol. The molecule has 0 aliphatic rings. The quantitative estimate of drug-likeness (QED) is 0.598. The van der Waals surface area contributed by atoms with Gasteiger partial charge in [0.2, 0.25) is 5.91 Å². The molecule has 0 bridgehead atoms. The summed E-state index contributed by atoms with van der Waals surface area (Å²) in [5.74, 6) is -0.215. The van der Waals surface area contributed by atoms with E-state index in [9.17, 15) is 22.8 Å². The number of rotatable bonds is 5. The molecular weight excluding hydrogens is 361 g/mol. The fourth-order valence-corrected chi connectivity index (χ4v) is 2.52. The molecule has 3 aromatic rings. The minimum Gasteiger partial charge on any atom is -0.310 e. The van der Waals surface area contributed by atoms with Crippen molar-refractivity contribution in [2.45, 2.75) is 19.0 Å². The highest BCUT2D eigenvalue weighted by atomic mass is 19.4. The van der Waals surface area contributed by atoms with Gasteiger partial charge in [0.05, 0.1) is 22.2 Å². The molecule has 27 heavy (non-hydrogen) atoms. The van der Waals surface area contributed by atoms with Crippen LogP contribution in [0.1, 0.15) is 17.8 Å². The zero-order valence-electron chi connectivity index (χ0n) is 13.9. The Kier molecular flexibility index (Phi) is 5.11. The van der Waals surface area contributed by atoms with Gasteiger partial charge in [0.1, 0.15) is 5.82 Å². The maximum absolute atomic E-state index is 12.9. The van der Waals surface area contributed by atoms with Crippen molar-refractivity contribution in [3.8, 4) is 0 Å². The first-order valence-corrected chi connectivity index (χ1v) is 8.03. The van der Waals surface area contributed by atoms with Crippen LogP contribution in [0, 0.1) is 0 Å². The fourth-order valence-electron chi connectivity index (χ4n) is 2.52. The van der Waals surface area contributed by atoms with E-state index in [1.807, 2.05) is 0 Å². The third-order valence-corrected chi connectivity index (χ3v) is 3.82. The number of hydrogen-bond acceptors (Lipinski definition) is 4. The standard InChI is InChI=1S/C18H15F3N4O2/c19-18(20,21)12-6-2-4-8-14(12)24-25-16(26)10-9-15-22-13-7-3-1-5-11(13)17(27)23-15/h1-8,24H,9-10H2,(H,25,26)(H,22,23,27). The normalized spacial score (nSPS) is 11.4. The Hall–Kier alpha value is -3.36. The van der Waals surface area contributed by atoms with Gasteiger partial charge in [0.25, 0.3) is 5.56 Å². The fraction of sp³-hybridized carbons (Fsp3) is 0.167. The van der Waals surface area contributed by atoms with Crippen LogP contribution >= 0.6 is 0 Å². The Bertz CT molecular complexity index is 1030. The van der Waals surface area contributed by atoms with Crippen LogP contribution < -0.4 is 16.4 Å². The van der Waals surface area contributed by atoms with Crippen molar-refractivity contribution in [3.63, 3.8) is 0 Å². The highest BCUT2D eigenvalue weighted by Crippen LogP contribution is 2.34.